The van der Waals surface area contributed by atoms with Gasteiger partial charge in [-0.2, -0.15) is 0 Å². The van der Waals surface area contributed by atoms with Crippen LogP contribution in [0.25, 0.3) is 0 Å². The van der Waals surface area contributed by atoms with E-state index in [2.05, 4.69) is 26.6 Å². The molecule has 5 amide bonds. The van der Waals surface area contributed by atoms with Gasteiger partial charge in [-0.25, -0.2) is 0 Å². The molecule has 1 heterocycles. The summed E-state index contributed by atoms with van der Waals surface area (Å²) in [7, 11) is 0. The van der Waals surface area contributed by atoms with Gasteiger partial charge in [0.25, 0.3) is 0 Å². The third-order valence-electron chi connectivity index (χ3n) is 7.28. The SMILES string of the molecule is CC(C)C[C@@H]1NC(=O)[C@H](Cc2ccccc2)NC(=O)CNC(=O)[C@H](NC(=O)[C@@H](N)Cc2ccc(O)cc2)CCCCNC1=O. The van der Waals surface area contributed by atoms with Crippen LogP contribution < -0.4 is 32.3 Å². The van der Waals surface area contributed by atoms with Crippen LogP contribution in [0.1, 0.15) is 50.7 Å². The molecular weight excluding hydrogens is 564 g/mol. The minimum Gasteiger partial charge on any atom is -0.508 e. The van der Waals surface area contributed by atoms with Crippen molar-refractivity contribution >= 4 is 29.5 Å². The lowest BCUT2D eigenvalue weighted by atomic mass is 10.0. The van der Waals surface area contributed by atoms with E-state index in [1.54, 1.807) is 12.1 Å². The molecule has 1 fully saturated rings. The fraction of sp³-hybridized carbons (Fsp3) is 0.469. The van der Waals surface area contributed by atoms with Crippen LogP contribution >= 0.6 is 0 Å². The second-order valence-electron chi connectivity index (χ2n) is 11.5. The van der Waals surface area contributed by atoms with Crippen LogP contribution in [0.15, 0.2) is 54.6 Å². The summed E-state index contributed by atoms with van der Waals surface area (Å²) in [6, 6.07) is 11.8. The highest BCUT2D eigenvalue weighted by atomic mass is 16.3. The van der Waals surface area contributed by atoms with Gasteiger partial charge in [0.1, 0.15) is 23.9 Å². The molecule has 0 bridgehead atoms. The monoisotopic (exact) mass is 608 g/mol. The fourth-order valence-corrected chi connectivity index (χ4v) is 4.90. The number of phenolic OH excluding ortho intramolecular Hbond substituents is 1. The Hall–Kier alpha value is -4.45. The molecule has 0 aliphatic carbocycles. The van der Waals surface area contributed by atoms with Gasteiger partial charge in [-0.15, -0.1) is 0 Å². The van der Waals surface area contributed by atoms with Crippen LogP contribution in [0.2, 0.25) is 0 Å². The number of carbonyl (C=O) groups is 5. The molecule has 0 saturated carbocycles. The number of phenols is 1. The zero-order valence-electron chi connectivity index (χ0n) is 25.3. The lowest BCUT2D eigenvalue weighted by molar-refractivity contribution is -0.133. The van der Waals surface area contributed by atoms with Crippen molar-refractivity contribution in [2.24, 2.45) is 11.7 Å². The summed E-state index contributed by atoms with van der Waals surface area (Å²) < 4.78 is 0. The molecule has 1 aliphatic rings. The predicted octanol–water partition coefficient (Wildman–Crippen LogP) is 0.422. The Morgan fingerprint density at radius 1 is 0.886 bits per heavy atom. The van der Waals surface area contributed by atoms with Gasteiger partial charge in [0.2, 0.25) is 29.5 Å². The van der Waals surface area contributed by atoms with Gasteiger partial charge in [0, 0.05) is 13.0 Å². The first kappa shape index (κ1) is 34.0. The second kappa shape index (κ2) is 17.0. The smallest absolute Gasteiger partial charge is 0.243 e. The molecule has 1 saturated heterocycles. The molecule has 238 valence electrons. The Balaban J connectivity index is 1.74. The molecule has 44 heavy (non-hydrogen) atoms. The van der Waals surface area contributed by atoms with Crippen LogP contribution in [0, 0.1) is 5.92 Å². The number of hydrogen-bond acceptors (Lipinski definition) is 7. The molecule has 0 aromatic heterocycles. The third-order valence-corrected chi connectivity index (χ3v) is 7.28. The Bertz CT molecular complexity index is 1270. The van der Waals surface area contributed by atoms with Crippen molar-refractivity contribution in [3.63, 3.8) is 0 Å². The molecule has 3 rings (SSSR count). The van der Waals surface area contributed by atoms with Crippen molar-refractivity contribution in [2.75, 3.05) is 13.1 Å². The summed E-state index contributed by atoms with van der Waals surface area (Å²) in [5.41, 5.74) is 7.66. The summed E-state index contributed by atoms with van der Waals surface area (Å²) in [6.45, 7) is 3.81. The highest BCUT2D eigenvalue weighted by Crippen LogP contribution is 2.12. The van der Waals surface area contributed by atoms with Crippen molar-refractivity contribution in [1.82, 2.24) is 26.6 Å². The van der Waals surface area contributed by atoms with E-state index in [9.17, 15) is 29.1 Å². The standard InChI is InChI=1S/C32H44N6O6/c1-20(2)16-26-31(43)34-15-7-6-10-25(37-29(41)24(33)17-22-11-13-23(39)14-12-22)30(42)35-19-28(40)36-27(32(44)38-26)18-21-8-4-3-5-9-21/h3-5,8-9,11-14,20,24-27,39H,6-7,10,15-19,33H2,1-2H3,(H,34,43)(H,35,42)(H,36,40)(H,37,41)(H,38,44)/t24-,25+,26-,27-/m0/s1. The average Bonchev–Trinajstić information content (AvgIpc) is 2.99. The first-order chi connectivity index (χ1) is 21.0. The summed E-state index contributed by atoms with van der Waals surface area (Å²) in [6.07, 6.45) is 2.04. The van der Waals surface area contributed by atoms with E-state index in [0.29, 0.717) is 25.8 Å². The molecule has 12 nitrogen and oxygen atoms in total. The van der Waals surface area contributed by atoms with Gasteiger partial charge < -0.3 is 37.4 Å². The van der Waals surface area contributed by atoms with E-state index < -0.39 is 54.3 Å². The van der Waals surface area contributed by atoms with Crippen LogP contribution in [0.5, 0.6) is 5.75 Å². The molecule has 2 aromatic carbocycles. The average molecular weight is 609 g/mol. The number of hydrogen-bond donors (Lipinski definition) is 7. The molecule has 4 atom stereocenters. The normalized spacial score (nSPS) is 21.4. The lowest BCUT2D eigenvalue weighted by Crippen LogP contribution is -2.57. The molecular formula is C32H44N6O6. The van der Waals surface area contributed by atoms with E-state index in [4.69, 9.17) is 5.73 Å². The number of carbonyl (C=O) groups excluding carboxylic acids is 5. The summed E-state index contributed by atoms with van der Waals surface area (Å²) in [4.78, 5) is 65.4. The second-order valence-corrected chi connectivity index (χ2v) is 11.5. The van der Waals surface area contributed by atoms with E-state index in [1.165, 1.54) is 12.1 Å². The highest BCUT2D eigenvalue weighted by molar-refractivity contribution is 5.94. The minimum absolute atomic E-state index is 0.0946. The van der Waals surface area contributed by atoms with Gasteiger partial charge in [0.05, 0.1) is 12.6 Å². The van der Waals surface area contributed by atoms with Crippen molar-refractivity contribution in [3.8, 4) is 5.75 Å². The van der Waals surface area contributed by atoms with Crippen LogP contribution in [0.4, 0.5) is 0 Å². The minimum atomic E-state index is -0.995. The molecule has 0 radical (unpaired) electrons. The maximum absolute atomic E-state index is 13.4. The summed E-state index contributed by atoms with van der Waals surface area (Å²) in [5, 5.41) is 23.1. The Kier molecular flexibility index (Phi) is 13.2. The van der Waals surface area contributed by atoms with Gasteiger partial charge >= 0.3 is 0 Å². The molecule has 1 aliphatic heterocycles. The maximum Gasteiger partial charge on any atom is 0.243 e. The Labute approximate surface area is 257 Å². The Morgan fingerprint density at radius 2 is 1.59 bits per heavy atom. The maximum atomic E-state index is 13.4. The number of nitrogens with one attached hydrogen (secondary N) is 5. The summed E-state index contributed by atoms with van der Waals surface area (Å²) in [5.74, 6) is -2.32. The van der Waals surface area contributed by atoms with Crippen LogP contribution in [-0.2, 0) is 36.8 Å². The van der Waals surface area contributed by atoms with Crippen LogP contribution in [-0.4, -0.2) is 71.9 Å². The first-order valence-corrected chi connectivity index (χ1v) is 15.0. The number of amides is 5. The lowest BCUT2D eigenvalue weighted by Gasteiger charge is -2.25. The van der Waals surface area contributed by atoms with E-state index in [0.717, 1.165) is 11.1 Å². The molecule has 0 unspecified atom stereocenters. The number of nitrogens with two attached hydrogens (primary N) is 1. The first-order valence-electron chi connectivity index (χ1n) is 15.0. The van der Waals surface area contributed by atoms with Gasteiger partial charge in [-0.1, -0.05) is 56.3 Å². The third kappa shape index (κ3) is 11.3. The molecule has 8 N–H and O–H groups in total. The highest BCUT2D eigenvalue weighted by Gasteiger charge is 2.29. The molecule has 0 spiro atoms. The number of aromatic hydroxyl groups is 1. The van der Waals surface area contributed by atoms with Gasteiger partial charge in [0.15, 0.2) is 0 Å². The van der Waals surface area contributed by atoms with Crippen molar-refractivity contribution in [1.29, 1.82) is 0 Å². The van der Waals surface area contributed by atoms with E-state index in [-0.39, 0.29) is 36.8 Å². The number of benzene rings is 2. The van der Waals surface area contributed by atoms with Gasteiger partial charge in [-0.05, 0) is 61.3 Å². The van der Waals surface area contributed by atoms with Crippen LogP contribution in [0.3, 0.4) is 0 Å². The largest absolute Gasteiger partial charge is 0.508 e. The van der Waals surface area contributed by atoms with Crippen molar-refractivity contribution < 1.29 is 29.1 Å². The Morgan fingerprint density at radius 3 is 2.27 bits per heavy atom. The van der Waals surface area contributed by atoms with Crippen molar-refractivity contribution in [3.05, 3.63) is 65.7 Å². The zero-order chi connectivity index (χ0) is 32.1. The topological polar surface area (TPSA) is 192 Å². The van der Waals surface area contributed by atoms with Crippen molar-refractivity contribution in [2.45, 2.75) is 76.5 Å². The van der Waals surface area contributed by atoms with E-state index >= 15 is 0 Å². The quantitative estimate of drug-likeness (QED) is 0.226. The van der Waals surface area contributed by atoms with Gasteiger partial charge in [-0.3, -0.25) is 24.0 Å². The van der Waals surface area contributed by atoms with E-state index in [1.807, 2.05) is 44.2 Å². The predicted molar refractivity (Wildman–Crippen MR) is 165 cm³/mol. The zero-order valence-corrected chi connectivity index (χ0v) is 25.3. The molecule has 12 heteroatoms. The fourth-order valence-electron chi connectivity index (χ4n) is 4.90. The molecule has 2 aromatic rings. The number of rotatable bonds is 8. The summed E-state index contributed by atoms with van der Waals surface area (Å²) >= 11 is 0.